The molecule has 1 aromatic heterocycles. The van der Waals surface area contributed by atoms with Crippen molar-refractivity contribution in [2.24, 2.45) is 0 Å². The molecule has 0 radical (unpaired) electrons. The molecule has 0 saturated heterocycles. The Kier molecular flexibility index (Phi) is 8.59. The summed E-state index contributed by atoms with van der Waals surface area (Å²) in [4.78, 5) is 7.65. The SMILES string of the molecule is CCCN(CCC)c1ccc(I)c2nc(-c3c(OC)cc(COC)cc3OC)c(C)cc12. The van der Waals surface area contributed by atoms with E-state index in [2.05, 4.69) is 66.5 Å². The van der Waals surface area contributed by atoms with Crippen molar-refractivity contribution in [1.82, 2.24) is 4.98 Å². The minimum absolute atomic E-state index is 0.489. The number of benzene rings is 2. The van der Waals surface area contributed by atoms with Crippen LogP contribution in [0.3, 0.4) is 0 Å². The van der Waals surface area contributed by atoms with Crippen LogP contribution in [0.1, 0.15) is 37.8 Å². The zero-order chi connectivity index (χ0) is 23.3. The second-order valence-electron chi connectivity index (χ2n) is 7.91. The molecule has 1 heterocycles. The summed E-state index contributed by atoms with van der Waals surface area (Å²) >= 11 is 2.38. The predicted octanol–water partition coefficient (Wildman–Crippen LogP) is 6.60. The maximum Gasteiger partial charge on any atom is 0.132 e. The van der Waals surface area contributed by atoms with Crippen molar-refractivity contribution in [2.75, 3.05) is 39.3 Å². The molecule has 0 spiro atoms. The first-order valence-electron chi connectivity index (χ1n) is 11.1. The molecule has 0 fully saturated rings. The van der Waals surface area contributed by atoms with E-state index in [1.165, 1.54) is 11.1 Å². The van der Waals surface area contributed by atoms with Gasteiger partial charge in [-0.2, -0.15) is 0 Å². The number of ether oxygens (including phenoxy) is 3. The Hall–Kier alpha value is -2.06. The molecular formula is C26H33IN2O3. The second-order valence-corrected chi connectivity index (χ2v) is 9.07. The molecule has 3 aromatic rings. The van der Waals surface area contributed by atoms with Gasteiger partial charge in [0.1, 0.15) is 11.5 Å². The van der Waals surface area contributed by atoms with Gasteiger partial charge in [0.25, 0.3) is 0 Å². The molecule has 0 aliphatic heterocycles. The first-order chi connectivity index (χ1) is 15.5. The lowest BCUT2D eigenvalue weighted by Crippen LogP contribution is -2.25. The summed E-state index contributed by atoms with van der Waals surface area (Å²) in [5.74, 6) is 1.47. The van der Waals surface area contributed by atoms with E-state index in [9.17, 15) is 0 Å². The number of nitrogens with zero attached hydrogens (tertiary/aromatic N) is 2. The van der Waals surface area contributed by atoms with E-state index in [0.29, 0.717) is 6.61 Å². The topological polar surface area (TPSA) is 43.8 Å². The smallest absolute Gasteiger partial charge is 0.132 e. The molecule has 2 aromatic carbocycles. The zero-order valence-corrected chi connectivity index (χ0v) is 22.1. The largest absolute Gasteiger partial charge is 0.496 e. The number of aromatic nitrogens is 1. The van der Waals surface area contributed by atoms with Gasteiger partial charge in [0, 0.05) is 34.8 Å². The van der Waals surface area contributed by atoms with Crippen LogP contribution >= 0.6 is 22.6 Å². The third kappa shape index (κ3) is 4.96. The van der Waals surface area contributed by atoms with E-state index in [4.69, 9.17) is 19.2 Å². The molecule has 0 aliphatic carbocycles. The molecular weight excluding hydrogens is 515 g/mol. The highest BCUT2D eigenvalue weighted by Crippen LogP contribution is 2.42. The molecule has 172 valence electrons. The fourth-order valence-corrected chi connectivity index (χ4v) is 4.77. The second kappa shape index (κ2) is 11.2. The molecule has 5 nitrogen and oxygen atoms in total. The van der Waals surface area contributed by atoms with Crippen LogP contribution in [0.5, 0.6) is 11.5 Å². The quantitative estimate of drug-likeness (QED) is 0.267. The molecule has 3 rings (SSSR count). The van der Waals surface area contributed by atoms with E-state index in [0.717, 1.165) is 68.9 Å². The highest BCUT2D eigenvalue weighted by atomic mass is 127. The highest BCUT2D eigenvalue weighted by Gasteiger charge is 2.21. The minimum Gasteiger partial charge on any atom is -0.496 e. The average Bonchev–Trinajstić information content (AvgIpc) is 2.79. The van der Waals surface area contributed by atoms with Gasteiger partial charge in [-0.1, -0.05) is 13.8 Å². The fraction of sp³-hybridized carbons (Fsp3) is 0.423. The van der Waals surface area contributed by atoms with Crippen LogP contribution in [0.4, 0.5) is 5.69 Å². The minimum atomic E-state index is 0.489. The highest BCUT2D eigenvalue weighted by molar-refractivity contribution is 14.1. The standard InChI is InChI=1S/C26H33IN2O3/c1-7-11-29(12-8-2)21-10-9-20(27)26-19(21)13-17(3)25(28-26)24-22(31-5)14-18(16-30-4)15-23(24)32-6/h9-10,13-15H,7-8,11-12,16H2,1-6H3. The Morgan fingerprint density at radius 1 is 0.938 bits per heavy atom. The summed E-state index contributed by atoms with van der Waals surface area (Å²) in [6.07, 6.45) is 2.22. The van der Waals surface area contributed by atoms with Crippen LogP contribution in [0.15, 0.2) is 30.3 Å². The number of pyridine rings is 1. The van der Waals surface area contributed by atoms with Crippen LogP contribution in [0.2, 0.25) is 0 Å². The Morgan fingerprint density at radius 3 is 2.09 bits per heavy atom. The van der Waals surface area contributed by atoms with Crippen LogP contribution in [0, 0.1) is 10.5 Å². The van der Waals surface area contributed by atoms with E-state index in [1.807, 2.05) is 12.1 Å². The number of aryl methyl sites for hydroxylation is 1. The lowest BCUT2D eigenvalue weighted by Gasteiger charge is -2.26. The summed E-state index contributed by atoms with van der Waals surface area (Å²) in [6, 6.07) is 10.7. The summed E-state index contributed by atoms with van der Waals surface area (Å²) < 4.78 is 18.0. The van der Waals surface area contributed by atoms with Gasteiger partial charge < -0.3 is 19.1 Å². The molecule has 0 saturated carbocycles. The first kappa shape index (κ1) is 24.6. The Bertz CT molecular complexity index is 1050. The normalized spacial score (nSPS) is 11.1. The van der Waals surface area contributed by atoms with Crippen molar-refractivity contribution in [3.63, 3.8) is 0 Å². The molecule has 0 N–H and O–H groups in total. The molecule has 0 aliphatic rings. The number of fused-ring (bicyclic) bond motifs is 1. The van der Waals surface area contributed by atoms with Gasteiger partial charge in [-0.3, -0.25) is 0 Å². The first-order valence-corrected chi connectivity index (χ1v) is 12.2. The van der Waals surface area contributed by atoms with Gasteiger partial charge in [-0.25, -0.2) is 4.98 Å². The number of halogens is 1. The lowest BCUT2D eigenvalue weighted by atomic mass is 9.99. The Morgan fingerprint density at radius 2 is 1.56 bits per heavy atom. The molecule has 0 unspecified atom stereocenters. The van der Waals surface area contributed by atoms with Crippen molar-refractivity contribution < 1.29 is 14.2 Å². The maximum atomic E-state index is 5.77. The predicted molar refractivity (Wildman–Crippen MR) is 141 cm³/mol. The number of anilines is 1. The average molecular weight is 548 g/mol. The van der Waals surface area contributed by atoms with Gasteiger partial charge in [-0.05, 0) is 83.8 Å². The zero-order valence-electron chi connectivity index (χ0n) is 19.9. The number of rotatable bonds is 10. The van der Waals surface area contributed by atoms with Crippen molar-refractivity contribution >= 4 is 39.2 Å². The van der Waals surface area contributed by atoms with Crippen molar-refractivity contribution in [3.05, 3.63) is 45.0 Å². The molecule has 32 heavy (non-hydrogen) atoms. The maximum absolute atomic E-state index is 5.77. The summed E-state index contributed by atoms with van der Waals surface area (Å²) in [7, 11) is 5.04. The summed E-state index contributed by atoms with van der Waals surface area (Å²) in [5.41, 5.74) is 6.09. The monoisotopic (exact) mass is 548 g/mol. The van der Waals surface area contributed by atoms with Crippen LogP contribution in [0.25, 0.3) is 22.2 Å². The number of hydrogen-bond donors (Lipinski definition) is 0. The molecule has 0 atom stereocenters. The Labute approximate surface area is 205 Å². The van der Waals surface area contributed by atoms with Crippen molar-refractivity contribution in [1.29, 1.82) is 0 Å². The van der Waals surface area contributed by atoms with Crippen LogP contribution in [-0.4, -0.2) is 39.4 Å². The van der Waals surface area contributed by atoms with Crippen molar-refractivity contribution in [2.45, 2.75) is 40.2 Å². The lowest BCUT2D eigenvalue weighted by molar-refractivity contribution is 0.184. The van der Waals surface area contributed by atoms with Gasteiger partial charge in [0.05, 0.1) is 37.6 Å². The Balaban J connectivity index is 2.26. The van der Waals surface area contributed by atoms with Gasteiger partial charge in [-0.15, -0.1) is 0 Å². The van der Waals surface area contributed by atoms with Gasteiger partial charge in [0.15, 0.2) is 0 Å². The van der Waals surface area contributed by atoms with E-state index in [-0.39, 0.29) is 0 Å². The molecule has 6 heteroatoms. The fourth-order valence-electron chi connectivity index (χ4n) is 4.18. The van der Waals surface area contributed by atoms with Crippen LogP contribution in [-0.2, 0) is 11.3 Å². The van der Waals surface area contributed by atoms with Gasteiger partial charge >= 0.3 is 0 Å². The van der Waals surface area contributed by atoms with Crippen molar-refractivity contribution in [3.8, 4) is 22.8 Å². The number of methoxy groups -OCH3 is 3. The molecule has 0 bridgehead atoms. The molecule has 0 amide bonds. The summed E-state index contributed by atoms with van der Waals surface area (Å²) in [6.45, 7) is 9.12. The summed E-state index contributed by atoms with van der Waals surface area (Å²) in [5, 5.41) is 1.19. The number of hydrogen-bond acceptors (Lipinski definition) is 5. The van der Waals surface area contributed by atoms with E-state index >= 15 is 0 Å². The third-order valence-corrected chi connectivity index (χ3v) is 6.41. The van der Waals surface area contributed by atoms with E-state index < -0.39 is 0 Å². The third-order valence-electron chi connectivity index (χ3n) is 5.54. The van der Waals surface area contributed by atoms with Crippen LogP contribution < -0.4 is 14.4 Å². The van der Waals surface area contributed by atoms with Gasteiger partial charge in [0.2, 0.25) is 0 Å². The van der Waals surface area contributed by atoms with E-state index in [1.54, 1.807) is 21.3 Å².